The summed E-state index contributed by atoms with van der Waals surface area (Å²) in [6.07, 6.45) is 1.42. The number of hydrogen-bond donors (Lipinski definition) is 0. The van der Waals surface area contributed by atoms with Gasteiger partial charge in [0.05, 0.1) is 5.56 Å². The number of nitriles is 1. The lowest BCUT2D eigenvalue weighted by Gasteiger charge is -1.98. The maximum Gasteiger partial charge on any atom is 0.276 e. The van der Waals surface area contributed by atoms with Gasteiger partial charge in [0.15, 0.2) is 0 Å². The molecule has 0 N–H and O–H groups in total. The lowest BCUT2D eigenvalue weighted by atomic mass is 10.2. The molecule has 0 radical (unpaired) electrons. The SMILES string of the molecule is N#Cc1ccc(-c2nc(-c3ccc(F)cc3Br)no2)nc1. The molecule has 2 aromatic heterocycles. The minimum absolute atomic E-state index is 0.228. The number of pyridine rings is 1. The molecule has 2 heterocycles. The van der Waals surface area contributed by atoms with Crippen molar-refractivity contribution in [2.45, 2.75) is 0 Å². The van der Waals surface area contributed by atoms with Crippen LogP contribution in [0.1, 0.15) is 5.56 Å². The van der Waals surface area contributed by atoms with E-state index in [2.05, 4.69) is 31.1 Å². The highest BCUT2D eigenvalue weighted by Crippen LogP contribution is 2.28. The Morgan fingerprint density at radius 1 is 1.24 bits per heavy atom. The summed E-state index contributed by atoms with van der Waals surface area (Å²) in [5, 5.41) is 12.6. The average molecular weight is 345 g/mol. The first kappa shape index (κ1) is 13.4. The molecule has 0 aliphatic rings. The summed E-state index contributed by atoms with van der Waals surface area (Å²) in [5.41, 5.74) is 1.52. The largest absolute Gasteiger partial charge is 0.332 e. The second kappa shape index (κ2) is 5.42. The third-order valence-corrected chi connectivity index (χ3v) is 3.37. The van der Waals surface area contributed by atoms with Crippen LogP contribution in [-0.4, -0.2) is 15.1 Å². The van der Waals surface area contributed by atoms with E-state index in [4.69, 9.17) is 9.78 Å². The van der Waals surface area contributed by atoms with Crippen LogP contribution in [0.5, 0.6) is 0 Å². The number of halogens is 2. The van der Waals surface area contributed by atoms with E-state index >= 15 is 0 Å². The molecule has 102 valence electrons. The maximum atomic E-state index is 13.1. The van der Waals surface area contributed by atoms with Gasteiger partial charge in [-0.1, -0.05) is 5.16 Å². The van der Waals surface area contributed by atoms with Gasteiger partial charge < -0.3 is 4.52 Å². The summed E-state index contributed by atoms with van der Waals surface area (Å²) in [5.74, 6) is 0.192. The summed E-state index contributed by atoms with van der Waals surface area (Å²) >= 11 is 3.25. The van der Waals surface area contributed by atoms with Crippen molar-refractivity contribution in [3.8, 4) is 29.0 Å². The Morgan fingerprint density at radius 3 is 2.76 bits per heavy atom. The zero-order valence-corrected chi connectivity index (χ0v) is 12.0. The van der Waals surface area contributed by atoms with Crippen LogP contribution in [0.3, 0.4) is 0 Å². The van der Waals surface area contributed by atoms with E-state index in [9.17, 15) is 4.39 Å². The van der Waals surface area contributed by atoms with E-state index in [1.165, 1.54) is 18.3 Å². The Morgan fingerprint density at radius 2 is 2.10 bits per heavy atom. The van der Waals surface area contributed by atoms with Gasteiger partial charge in [0.2, 0.25) is 5.82 Å². The summed E-state index contributed by atoms with van der Waals surface area (Å²) < 4.78 is 18.7. The van der Waals surface area contributed by atoms with Gasteiger partial charge in [-0.15, -0.1) is 0 Å². The lowest BCUT2D eigenvalue weighted by molar-refractivity contribution is 0.431. The first-order chi connectivity index (χ1) is 10.2. The average Bonchev–Trinajstić information content (AvgIpc) is 2.97. The van der Waals surface area contributed by atoms with Crippen molar-refractivity contribution in [2.75, 3.05) is 0 Å². The van der Waals surface area contributed by atoms with Crippen molar-refractivity contribution in [3.63, 3.8) is 0 Å². The van der Waals surface area contributed by atoms with Crippen LogP contribution >= 0.6 is 15.9 Å². The second-order valence-corrected chi connectivity index (χ2v) is 4.95. The monoisotopic (exact) mass is 344 g/mol. The molecule has 0 fully saturated rings. The standard InChI is InChI=1S/C14H6BrFN4O/c15-11-5-9(16)2-3-10(11)13-19-14(21-20-13)12-4-1-8(6-17)7-18-12/h1-5,7H. The van der Waals surface area contributed by atoms with Crippen molar-refractivity contribution >= 4 is 15.9 Å². The molecule has 0 saturated heterocycles. The minimum Gasteiger partial charge on any atom is -0.332 e. The molecule has 21 heavy (non-hydrogen) atoms. The fraction of sp³-hybridized carbons (Fsp3) is 0. The van der Waals surface area contributed by atoms with E-state index in [-0.39, 0.29) is 11.7 Å². The van der Waals surface area contributed by atoms with Crippen molar-refractivity contribution in [2.24, 2.45) is 0 Å². The van der Waals surface area contributed by atoms with Crippen molar-refractivity contribution in [1.82, 2.24) is 15.1 Å². The molecule has 0 unspecified atom stereocenters. The van der Waals surface area contributed by atoms with Gasteiger partial charge in [0, 0.05) is 16.2 Å². The first-order valence-electron chi connectivity index (χ1n) is 5.83. The van der Waals surface area contributed by atoms with Gasteiger partial charge in [-0.05, 0) is 46.3 Å². The molecule has 0 saturated carbocycles. The minimum atomic E-state index is -0.358. The van der Waals surface area contributed by atoms with Gasteiger partial charge in [-0.3, -0.25) is 0 Å². The van der Waals surface area contributed by atoms with E-state index < -0.39 is 0 Å². The molecular formula is C14H6BrFN4O. The van der Waals surface area contributed by atoms with Crippen LogP contribution in [0, 0.1) is 17.1 Å². The van der Waals surface area contributed by atoms with Gasteiger partial charge >= 0.3 is 0 Å². The molecule has 0 spiro atoms. The molecule has 0 bridgehead atoms. The maximum absolute atomic E-state index is 13.1. The third-order valence-electron chi connectivity index (χ3n) is 2.71. The Balaban J connectivity index is 1.97. The van der Waals surface area contributed by atoms with Crippen molar-refractivity contribution in [1.29, 1.82) is 5.26 Å². The number of hydrogen-bond acceptors (Lipinski definition) is 5. The highest BCUT2D eigenvalue weighted by Gasteiger charge is 2.14. The van der Waals surface area contributed by atoms with Gasteiger partial charge in [-0.25, -0.2) is 9.37 Å². The van der Waals surface area contributed by atoms with E-state index in [1.54, 1.807) is 18.2 Å². The van der Waals surface area contributed by atoms with Gasteiger partial charge in [0.25, 0.3) is 5.89 Å². The lowest BCUT2D eigenvalue weighted by Crippen LogP contribution is -1.86. The summed E-state index contributed by atoms with van der Waals surface area (Å²) in [6.45, 7) is 0. The Bertz CT molecular complexity index is 839. The zero-order chi connectivity index (χ0) is 14.8. The summed E-state index contributed by atoms with van der Waals surface area (Å²) in [7, 11) is 0. The fourth-order valence-electron chi connectivity index (χ4n) is 1.69. The molecule has 0 aliphatic carbocycles. The van der Waals surface area contributed by atoms with Crippen LogP contribution in [0.15, 0.2) is 45.5 Å². The third kappa shape index (κ3) is 2.66. The van der Waals surface area contributed by atoms with E-state index in [0.717, 1.165) is 0 Å². The molecule has 3 rings (SSSR count). The Labute approximate surface area is 127 Å². The van der Waals surface area contributed by atoms with Crippen molar-refractivity contribution < 1.29 is 8.91 Å². The highest BCUT2D eigenvalue weighted by atomic mass is 79.9. The van der Waals surface area contributed by atoms with Crippen molar-refractivity contribution in [3.05, 3.63) is 52.4 Å². The molecule has 0 amide bonds. The number of benzene rings is 1. The number of aromatic nitrogens is 3. The number of rotatable bonds is 2. The predicted molar refractivity (Wildman–Crippen MR) is 75.3 cm³/mol. The van der Waals surface area contributed by atoms with Crippen LogP contribution in [0.4, 0.5) is 4.39 Å². The molecule has 7 heteroatoms. The first-order valence-corrected chi connectivity index (χ1v) is 6.62. The van der Waals surface area contributed by atoms with E-state index in [0.29, 0.717) is 27.1 Å². The fourth-order valence-corrected chi connectivity index (χ4v) is 2.22. The smallest absolute Gasteiger partial charge is 0.276 e. The Hall–Kier alpha value is -2.59. The molecule has 0 aliphatic heterocycles. The van der Waals surface area contributed by atoms with Crippen LogP contribution in [0.25, 0.3) is 23.0 Å². The number of nitrogens with zero attached hydrogens (tertiary/aromatic N) is 4. The topological polar surface area (TPSA) is 75.6 Å². The Kier molecular flexibility index (Phi) is 3.46. The van der Waals surface area contributed by atoms with Crippen LogP contribution < -0.4 is 0 Å². The molecule has 5 nitrogen and oxygen atoms in total. The molecule has 3 aromatic rings. The van der Waals surface area contributed by atoms with E-state index in [1.807, 2.05) is 6.07 Å². The quantitative estimate of drug-likeness (QED) is 0.710. The molecule has 0 atom stereocenters. The van der Waals surface area contributed by atoms with Crippen LogP contribution in [0.2, 0.25) is 0 Å². The highest BCUT2D eigenvalue weighted by molar-refractivity contribution is 9.10. The van der Waals surface area contributed by atoms with Gasteiger partial charge in [0.1, 0.15) is 17.6 Å². The van der Waals surface area contributed by atoms with Crippen LogP contribution in [-0.2, 0) is 0 Å². The summed E-state index contributed by atoms with van der Waals surface area (Å²) in [4.78, 5) is 8.29. The normalized spacial score (nSPS) is 10.3. The molecule has 1 aromatic carbocycles. The second-order valence-electron chi connectivity index (χ2n) is 4.09. The van der Waals surface area contributed by atoms with Gasteiger partial charge in [-0.2, -0.15) is 10.2 Å². The predicted octanol–water partition coefficient (Wildman–Crippen LogP) is 3.57. The molecular weight excluding hydrogens is 339 g/mol. The summed E-state index contributed by atoms with van der Waals surface area (Å²) in [6, 6.07) is 9.41. The zero-order valence-electron chi connectivity index (χ0n) is 10.4.